The van der Waals surface area contributed by atoms with Crippen LogP contribution in [0.3, 0.4) is 0 Å². The molecule has 0 spiro atoms. The summed E-state index contributed by atoms with van der Waals surface area (Å²) < 4.78 is 0. The third-order valence-corrected chi connectivity index (χ3v) is 15.8. The van der Waals surface area contributed by atoms with E-state index >= 15 is 0 Å². The van der Waals surface area contributed by atoms with Gasteiger partial charge in [0.1, 0.15) is 0 Å². The first-order valence-electron chi connectivity index (χ1n) is 17.5. The maximum atomic E-state index is 2.46. The molecule has 0 heterocycles. The van der Waals surface area contributed by atoms with Crippen molar-refractivity contribution in [3.05, 3.63) is 121 Å². The summed E-state index contributed by atoms with van der Waals surface area (Å²) >= 11 is 0. The summed E-state index contributed by atoms with van der Waals surface area (Å²) in [5.41, 5.74) is 5.29. The average Bonchev–Trinajstić information content (AvgIpc) is 3.59. The SMILES string of the molecule is CC(C)(C)P(c1cc2c(-c3ccccc3)cccc2[cH-]1)C(C)(C)C.CC(C)(C)P(c1cc2c(-c3ccccc3)cccc2[cH-]1)C(C)(C)C.[Cl-].[Cl-].[Hf+4]. The summed E-state index contributed by atoms with van der Waals surface area (Å²) in [5, 5.41) is 9.76. The fourth-order valence-corrected chi connectivity index (χ4v) is 16.2. The van der Waals surface area contributed by atoms with Crippen LogP contribution in [0.2, 0.25) is 0 Å². The Bertz CT molecular complexity index is 1790. The molecule has 0 bridgehead atoms. The molecule has 6 aromatic rings. The fraction of sp³-hybridized carbons (Fsp3) is 0.348. The van der Waals surface area contributed by atoms with Crippen molar-refractivity contribution in [3.63, 3.8) is 0 Å². The van der Waals surface area contributed by atoms with Gasteiger partial charge in [0.25, 0.3) is 0 Å². The zero-order chi connectivity index (χ0) is 35.1. The van der Waals surface area contributed by atoms with Crippen LogP contribution in [0, 0.1) is 0 Å². The molecular weight excluding hydrogens is 864 g/mol. The van der Waals surface area contributed by atoms with Gasteiger partial charge in [0.15, 0.2) is 0 Å². The van der Waals surface area contributed by atoms with E-state index in [9.17, 15) is 0 Å². The Kier molecular flexibility index (Phi) is 15.8. The van der Waals surface area contributed by atoms with E-state index in [0.29, 0.717) is 20.6 Å². The molecule has 0 fully saturated rings. The second kappa shape index (κ2) is 17.7. The number of benzene rings is 4. The van der Waals surface area contributed by atoms with Crippen molar-refractivity contribution in [2.75, 3.05) is 0 Å². The minimum Gasteiger partial charge on any atom is -1.00 e. The van der Waals surface area contributed by atoms with E-state index in [4.69, 9.17) is 0 Å². The van der Waals surface area contributed by atoms with Gasteiger partial charge in [0, 0.05) is 0 Å². The summed E-state index contributed by atoms with van der Waals surface area (Å²) in [5.74, 6) is 0. The van der Waals surface area contributed by atoms with Gasteiger partial charge in [0.05, 0.1) is 0 Å². The summed E-state index contributed by atoms with van der Waals surface area (Å²) in [6.45, 7) is 28.7. The molecule has 0 saturated carbocycles. The second-order valence-corrected chi connectivity index (χ2v) is 24.9. The fourth-order valence-electron chi connectivity index (χ4n) is 8.00. The van der Waals surface area contributed by atoms with Crippen LogP contribution in [0.1, 0.15) is 83.1 Å². The number of halogens is 2. The molecule has 0 aromatic heterocycles. The predicted octanol–water partition coefficient (Wildman–Crippen LogP) is 7.87. The molecule has 0 unspecified atom stereocenters. The third-order valence-electron chi connectivity index (χ3n) is 8.84. The van der Waals surface area contributed by atoms with Gasteiger partial charge < -0.3 is 24.8 Å². The Hall–Kier alpha value is -1.59. The van der Waals surface area contributed by atoms with Gasteiger partial charge in [-0.05, 0) is 31.8 Å². The van der Waals surface area contributed by atoms with Crippen molar-refractivity contribution in [3.8, 4) is 22.3 Å². The van der Waals surface area contributed by atoms with E-state index in [1.807, 2.05) is 0 Å². The topological polar surface area (TPSA) is 0 Å². The van der Waals surface area contributed by atoms with Gasteiger partial charge in [-0.2, -0.15) is 12.1 Å². The van der Waals surface area contributed by atoms with Crippen molar-refractivity contribution in [1.82, 2.24) is 0 Å². The molecule has 0 atom stereocenters. The molecule has 6 aromatic carbocycles. The molecule has 0 saturated heterocycles. The maximum absolute atomic E-state index is 2.46. The molecule has 268 valence electrons. The van der Waals surface area contributed by atoms with Crippen LogP contribution < -0.4 is 35.4 Å². The number of hydrogen-bond donors (Lipinski definition) is 0. The first-order chi connectivity index (χ1) is 22.4. The van der Waals surface area contributed by atoms with Crippen LogP contribution in [-0.2, 0) is 25.8 Å². The van der Waals surface area contributed by atoms with Crippen LogP contribution in [0.5, 0.6) is 0 Å². The van der Waals surface area contributed by atoms with Crippen LogP contribution in [0.4, 0.5) is 0 Å². The van der Waals surface area contributed by atoms with Crippen LogP contribution >= 0.6 is 15.8 Å². The number of rotatable bonds is 4. The Morgan fingerprint density at radius 2 is 0.686 bits per heavy atom. The van der Waals surface area contributed by atoms with Crippen molar-refractivity contribution in [1.29, 1.82) is 0 Å². The maximum Gasteiger partial charge on any atom is 4.00 e. The third kappa shape index (κ3) is 10.8. The van der Waals surface area contributed by atoms with Crippen LogP contribution in [0.25, 0.3) is 43.8 Å². The molecule has 0 nitrogen and oxygen atoms in total. The molecule has 0 amide bonds. The monoisotopic (exact) mass is 920 g/mol. The summed E-state index contributed by atoms with van der Waals surface area (Å²) in [6, 6.07) is 44.6. The van der Waals surface area contributed by atoms with E-state index in [1.54, 1.807) is 0 Å². The Morgan fingerprint density at radius 1 is 0.392 bits per heavy atom. The van der Waals surface area contributed by atoms with Gasteiger partial charge in [0.2, 0.25) is 0 Å². The van der Waals surface area contributed by atoms with Crippen LogP contribution in [0.15, 0.2) is 121 Å². The average molecular weight is 920 g/mol. The van der Waals surface area contributed by atoms with Gasteiger partial charge in [-0.3, -0.25) is 0 Å². The van der Waals surface area contributed by atoms with Crippen molar-refractivity contribution in [2.24, 2.45) is 0 Å². The Balaban J connectivity index is 0.000000334. The van der Waals surface area contributed by atoms with Gasteiger partial charge in [-0.1, -0.05) is 183 Å². The van der Waals surface area contributed by atoms with Gasteiger partial charge in [-0.25, -0.2) is 0 Å². The van der Waals surface area contributed by atoms with E-state index in [0.717, 1.165) is 0 Å². The molecule has 5 heteroatoms. The van der Waals surface area contributed by atoms with Gasteiger partial charge >= 0.3 is 25.8 Å². The minimum atomic E-state index is -0.266. The Labute approximate surface area is 343 Å². The van der Waals surface area contributed by atoms with E-state index < -0.39 is 0 Å². The largest absolute Gasteiger partial charge is 4.00 e. The van der Waals surface area contributed by atoms with Crippen molar-refractivity contribution >= 4 is 48.0 Å². The quantitative estimate of drug-likeness (QED) is 0.0961. The molecule has 0 N–H and O–H groups in total. The zero-order valence-electron chi connectivity index (χ0n) is 32.7. The van der Waals surface area contributed by atoms with Crippen LogP contribution in [-0.4, -0.2) is 20.6 Å². The molecule has 0 radical (unpaired) electrons. The molecule has 0 aliphatic carbocycles. The summed E-state index contributed by atoms with van der Waals surface area (Å²) in [7, 11) is -0.532. The standard InChI is InChI=1S/2C23H28P.2ClH.Hf/c2*1-22(2,3)24(23(4,5)6)19-15-18-13-10-14-20(21(18)16-19)17-11-8-7-9-12-17;;;/h2*7-16H,1-6H3;2*1H;/q2*-1;;;+4/p-2. The molecule has 0 aliphatic heterocycles. The smallest absolute Gasteiger partial charge is 1.00 e. The van der Waals surface area contributed by atoms with E-state index in [-0.39, 0.29) is 66.5 Å². The normalized spacial score (nSPS) is 12.2. The zero-order valence-corrected chi connectivity index (χ0v) is 39.6. The molecule has 6 rings (SSSR count). The van der Waals surface area contributed by atoms with Crippen molar-refractivity contribution in [2.45, 2.75) is 104 Å². The summed E-state index contributed by atoms with van der Waals surface area (Å²) in [6.07, 6.45) is 0. The van der Waals surface area contributed by atoms with Gasteiger partial charge in [-0.15, -0.1) is 68.6 Å². The van der Waals surface area contributed by atoms with Crippen molar-refractivity contribution < 1.29 is 50.7 Å². The predicted molar refractivity (Wildman–Crippen MR) is 222 cm³/mol. The number of fused-ring (bicyclic) bond motifs is 2. The Morgan fingerprint density at radius 3 is 0.961 bits per heavy atom. The molecule has 0 aliphatic rings. The number of hydrogen-bond acceptors (Lipinski definition) is 0. The minimum absolute atomic E-state index is 0. The van der Waals surface area contributed by atoms with E-state index in [2.05, 4.69) is 204 Å². The molecular formula is C46H56Cl2HfP2. The molecule has 51 heavy (non-hydrogen) atoms. The second-order valence-electron chi connectivity index (χ2n) is 17.1. The first-order valence-corrected chi connectivity index (χ1v) is 20.1. The first kappa shape index (κ1) is 45.6. The van der Waals surface area contributed by atoms with E-state index in [1.165, 1.54) is 54.4 Å². The summed E-state index contributed by atoms with van der Waals surface area (Å²) in [4.78, 5) is 0.